The number of amidine groups is 1. The molecule has 9 heteroatoms. The van der Waals surface area contributed by atoms with Crippen LogP contribution in [0, 0.1) is 11.3 Å². The van der Waals surface area contributed by atoms with E-state index in [0.29, 0.717) is 12.3 Å². The number of benzene rings is 2. The van der Waals surface area contributed by atoms with Crippen LogP contribution < -0.4 is 14.8 Å². The molecule has 2 aromatic carbocycles. The van der Waals surface area contributed by atoms with Gasteiger partial charge in [-0.25, -0.2) is 4.79 Å². The predicted octanol–water partition coefficient (Wildman–Crippen LogP) is 3.29. The Morgan fingerprint density at radius 2 is 1.90 bits per heavy atom. The molecule has 3 N–H and O–H groups in total. The van der Waals surface area contributed by atoms with Crippen molar-refractivity contribution >= 4 is 11.8 Å². The minimum Gasteiger partial charge on any atom is -0.504 e. The summed E-state index contributed by atoms with van der Waals surface area (Å²) in [6.07, 6.45) is 0. The van der Waals surface area contributed by atoms with Crippen LogP contribution >= 0.6 is 0 Å². The van der Waals surface area contributed by atoms with E-state index in [4.69, 9.17) is 14.7 Å². The zero-order valence-corrected chi connectivity index (χ0v) is 16.1. The van der Waals surface area contributed by atoms with Gasteiger partial charge in [0.1, 0.15) is 11.6 Å². The van der Waals surface area contributed by atoms with Crippen LogP contribution in [-0.4, -0.2) is 40.1 Å². The fourth-order valence-electron chi connectivity index (χ4n) is 2.91. The number of aromatic carboxylic acids is 1. The molecule has 0 amide bonds. The first-order valence-corrected chi connectivity index (χ1v) is 9.25. The Bertz CT molecular complexity index is 1230. The summed E-state index contributed by atoms with van der Waals surface area (Å²) in [6.45, 7) is 1.46. The molecule has 2 heterocycles. The first kappa shape index (κ1) is 19.7. The van der Waals surface area contributed by atoms with E-state index >= 15 is 0 Å². The molecule has 1 aliphatic heterocycles. The third kappa shape index (κ3) is 4.54. The molecule has 1 aliphatic rings. The fourth-order valence-corrected chi connectivity index (χ4v) is 2.91. The maximum Gasteiger partial charge on any atom is 0.336 e. The molecular weight excluding hydrogens is 400 g/mol. The van der Waals surface area contributed by atoms with E-state index in [1.165, 1.54) is 30.3 Å². The summed E-state index contributed by atoms with van der Waals surface area (Å²) in [5, 5.41) is 31.6. The number of carbonyl (C=O) groups is 1. The van der Waals surface area contributed by atoms with E-state index in [1.807, 2.05) is 12.1 Å². The number of pyridine rings is 1. The van der Waals surface area contributed by atoms with Crippen LogP contribution in [-0.2, 0) is 0 Å². The number of nitrogens with one attached hydrogen (secondary N) is 1. The topological polar surface area (TPSA) is 137 Å². The summed E-state index contributed by atoms with van der Waals surface area (Å²) in [5.41, 5.74) is 0.979. The molecule has 0 aliphatic carbocycles. The van der Waals surface area contributed by atoms with Gasteiger partial charge in [-0.1, -0.05) is 12.1 Å². The Morgan fingerprint density at radius 1 is 1.10 bits per heavy atom. The number of nitrogens with zero attached hydrogens (tertiary/aromatic N) is 3. The lowest BCUT2D eigenvalue weighted by Gasteiger charge is -2.11. The van der Waals surface area contributed by atoms with E-state index < -0.39 is 5.97 Å². The number of rotatable bonds is 6. The maximum absolute atomic E-state index is 11.6. The van der Waals surface area contributed by atoms with Crippen LogP contribution in [0.3, 0.4) is 0 Å². The number of carboxylic acids is 1. The molecule has 0 saturated carbocycles. The number of phenols is 1. The standard InChI is InChI=1S/C22H16N4O5/c23-12-13-4-5-17(27)18(8-13)31-20-11-15(22(28)29)10-19(26-20)30-16-3-1-2-14(9-16)21-24-6-7-25-21/h1-5,8-11,27H,6-7H2,(H,24,25)(H,28,29). The normalized spacial score (nSPS) is 12.4. The number of nitriles is 1. The lowest BCUT2D eigenvalue weighted by Crippen LogP contribution is -2.19. The largest absolute Gasteiger partial charge is 0.504 e. The quantitative estimate of drug-likeness (QED) is 0.557. The molecule has 0 fully saturated rings. The van der Waals surface area contributed by atoms with Gasteiger partial charge in [0, 0.05) is 30.3 Å². The van der Waals surface area contributed by atoms with Gasteiger partial charge in [-0.3, -0.25) is 4.99 Å². The molecule has 154 valence electrons. The van der Waals surface area contributed by atoms with Gasteiger partial charge < -0.3 is 25.0 Å². The van der Waals surface area contributed by atoms with Crippen molar-refractivity contribution in [3.63, 3.8) is 0 Å². The first-order chi connectivity index (χ1) is 15.0. The Hall–Kier alpha value is -4.58. The minimum absolute atomic E-state index is 0.00991. The Morgan fingerprint density at radius 3 is 2.61 bits per heavy atom. The van der Waals surface area contributed by atoms with Gasteiger partial charge in [-0.2, -0.15) is 10.2 Å². The summed E-state index contributed by atoms with van der Waals surface area (Å²) in [7, 11) is 0. The SMILES string of the molecule is N#Cc1ccc(O)c(Oc2cc(C(=O)O)cc(Oc3cccc(C4=NCCN4)c3)n2)c1. The Labute approximate surface area is 176 Å². The molecule has 0 unspecified atom stereocenters. The molecule has 4 rings (SSSR count). The highest BCUT2D eigenvalue weighted by Gasteiger charge is 2.15. The predicted molar refractivity (Wildman–Crippen MR) is 110 cm³/mol. The number of hydrogen-bond donors (Lipinski definition) is 3. The molecule has 0 saturated heterocycles. The molecular formula is C22H16N4O5. The third-order valence-corrected chi connectivity index (χ3v) is 4.33. The van der Waals surface area contributed by atoms with E-state index in [-0.39, 0.29) is 34.4 Å². The number of hydrogen-bond acceptors (Lipinski definition) is 8. The lowest BCUT2D eigenvalue weighted by atomic mass is 10.2. The van der Waals surface area contributed by atoms with Gasteiger partial charge >= 0.3 is 5.97 Å². The van der Waals surface area contributed by atoms with Crippen molar-refractivity contribution in [1.29, 1.82) is 5.26 Å². The van der Waals surface area contributed by atoms with Gasteiger partial charge in [-0.05, 0) is 24.3 Å². The van der Waals surface area contributed by atoms with Crippen LogP contribution in [0.2, 0.25) is 0 Å². The molecule has 0 atom stereocenters. The number of aromatic hydroxyl groups is 1. The summed E-state index contributed by atoms with van der Waals surface area (Å²) in [5.74, 6) is -0.388. The van der Waals surface area contributed by atoms with Crippen LogP contribution in [0.15, 0.2) is 59.6 Å². The van der Waals surface area contributed by atoms with Crippen molar-refractivity contribution in [3.8, 4) is 35.1 Å². The van der Waals surface area contributed by atoms with Gasteiger partial charge in [0.2, 0.25) is 11.8 Å². The zero-order valence-electron chi connectivity index (χ0n) is 16.1. The van der Waals surface area contributed by atoms with Crippen LogP contribution in [0.25, 0.3) is 0 Å². The van der Waals surface area contributed by atoms with Crippen molar-refractivity contribution in [2.24, 2.45) is 4.99 Å². The Balaban J connectivity index is 1.65. The molecule has 31 heavy (non-hydrogen) atoms. The lowest BCUT2D eigenvalue weighted by molar-refractivity contribution is 0.0696. The van der Waals surface area contributed by atoms with Gasteiger partial charge in [0.25, 0.3) is 0 Å². The van der Waals surface area contributed by atoms with Crippen molar-refractivity contribution in [1.82, 2.24) is 10.3 Å². The summed E-state index contributed by atoms with van der Waals surface area (Å²) < 4.78 is 11.3. The second-order valence-electron chi connectivity index (χ2n) is 6.52. The smallest absolute Gasteiger partial charge is 0.336 e. The monoisotopic (exact) mass is 416 g/mol. The van der Waals surface area contributed by atoms with Gasteiger partial charge in [0.05, 0.1) is 23.7 Å². The van der Waals surface area contributed by atoms with Crippen LogP contribution in [0.1, 0.15) is 21.5 Å². The molecule has 0 spiro atoms. The van der Waals surface area contributed by atoms with E-state index in [9.17, 15) is 15.0 Å². The second-order valence-corrected chi connectivity index (χ2v) is 6.52. The van der Waals surface area contributed by atoms with E-state index in [1.54, 1.807) is 18.2 Å². The first-order valence-electron chi connectivity index (χ1n) is 9.25. The Kier molecular flexibility index (Phi) is 5.36. The second kappa shape index (κ2) is 8.42. The van der Waals surface area contributed by atoms with Gasteiger partial charge in [0.15, 0.2) is 11.5 Å². The highest BCUT2D eigenvalue weighted by Crippen LogP contribution is 2.33. The number of ether oxygens (including phenoxy) is 2. The summed E-state index contributed by atoms with van der Waals surface area (Å²) >= 11 is 0. The number of aliphatic imine (C=N–C) groups is 1. The molecule has 0 radical (unpaired) electrons. The molecule has 9 nitrogen and oxygen atoms in total. The minimum atomic E-state index is -1.20. The van der Waals surface area contributed by atoms with Crippen LogP contribution in [0.4, 0.5) is 0 Å². The number of phenolic OH excluding ortho intramolecular Hbond substituents is 1. The van der Waals surface area contributed by atoms with E-state index in [0.717, 1.165) is 17.9 Å². The van der Waals surface area contributed by atoms with Crippen LogP contribution in [0.5, 0.6) is 29.0 Å². The van der Waals surface area contributed by atoms with Crippen molar-refractivity contribution in [3.05, 3.63) is 71.3 Å². The number of aromatic nitrogens is 1. The van der Waals surface area contributed by atoms with Gasteiger partial charge in [-0.15, -0.1) is 0 Å². The van der Waals surface area contributed by atoms with Crippen molar-refractivity contribution in [2.45, 2.75) is 0 Å². The maximum atomic E-state index is 11.6. The van der Waals surface area contributed by atoms with E-state index in [2.05, 4.69) is 15.3 Å². The molecule has 1 aromatic heterocycles. The number of carboxylic acid groups (broad SMARTS) is 1. The van der Waals surface area contributed by atoms with Crippen molar-refractivity contribution < 1.29 is 24.5 Å². The third-order valence-electron chi connectivity index (χ3n) is 4.33. The highest BCUT2D eigenvalue weighted by molar-refractivity contribution is 6.00. The average Bonchev–Trinajstić information content (AvgIpc) is 3.30. The summed E-state index contributed by atoms with van der Waals surface area (Å²) in [4.78, 5) is 20.1. The molecule has 3 aromatic rings. The van der Waals surface area contributed by atoms with Crippen molar-refractivity contribution in [2.75, 3.05) is 13.1 Å². The highest BCUT2D eigenvalue weighted by atomic mass is 16.5. The molecule has 0 bridgehead atoms. The fraction of sp³-hybridized carbons (Fsp3) is 0.0909. The zero-order chi connectivity index (χ0) is 21.8. The summed E-state index contributed by atoms with van der Waals surface area (Å²) in [6, 6.07) is 15.6. The average molecular weight is 416 g/mol.